The van der Waals surface area contributed by atoms with Crippen LogP contribution in [0.3, 0.4) is 0 Å². The Bertz CT molecular complexity index is 897. The van der Waals surface area contributed by atoms with Gasteiger partial charge in [0.05, 0.1) is 5.69 Å². The van der Waals surface area contributed by atoms with Gasteiger partial charge in [-0.3, -0.25) is 9.69 Å². The molecule has 3 heterocycles. The summed E-state index contributed by atoms with van der Waals surface area (Å²) >= 11 is 0. The minimum absolute atomic E-state index is 0.144. The zero-order valence-corrected chi connectivity index (χ0v) is 17.7. The molecule has 2 aromatic rings. The average Bonchev–Trinajstić information content (AvgIpc) is 2.72. The second-order valence-corrected chi connectivity index (χ2v) is 8.36. The molecule has 1 aromatic carbocycles. The van der Waals surface area contributed by atoms with Crippen molar-refractivity contribution in [3.05, 3.63) is 52.5 Å². The second-order valence-electron chi connectivity index (χ2n) is 8.36. The van der Waals surface area contributed by atoms with E-state index >= 15 is 0 Å². The number of nitrogens with one attached hydrogen (secondary N) is 1. The van der Waals surface area contributed by atoms with Crippen LogP contribution in [0.2, 0.25) is 0 Å². The fraction of sp³-hybridized carbons (Fsp3) is 0.522. The highest BCUT2D eigenvalue weighted by Crippen LogP contribution is 2.30. The van der Waals surface area contributed by atoms with Gasteiger partial charge in [-0.15, -0.1) is 0 Å². The lowest BCUT2D eigenvalue weighted by Gasteiger charge is -2.33. The van der Waals surface area contributed by atoms with Gasteiger partial charge in [-0.2, -0.15) is 0 Å². The Morgan fingerprint density at radius 1 is 1.28 bits per heavy atom. The Morgan fingerprint density at radius 3 is 2.90 bits per heavy atom. The Kier molecular flexibility index (Phi) is 5.81. The van der Waals surface area contributed by atoms with Crippen molar-refractivity contribution >= 4 is 11.7 Å². The Hall–Kier alpha value is -2.47. The third kappa shape index (κ3) is 4.42. The van der Waals surface area contributed by atoms with Gasteiger partial charge in [0.1, 0.15) is 11.6 Å². The molecule has 0 saturated carbocycles. The Balaban J connectivity index is 1.56. The molecule has 1 saturated heterocycles. The van der Waals surface area contributed by atoms with E-state index in [2.05, 4.69) is 41.4 Å². The lowest BCUT2D eigenvalue weighted by molar-refractivity contribution is -0.130. The quantitative estimate of drug-likeness (QED) is 0.865. The van der Waals surface area contributed by atoms with Crippen LogP contribution >= 0.6 is 0 Å². The maximum absolute atomic E-state index is 11.8. The molecule has 1 amide bonds. The fourth-order valence-electron chi connectivity index (χ4n) is 4.57. The fourth-order valence-corrected chi connectivity index (χ4v) is 4.57. The van der Waals surface area contributed by atoms with E-state index < -0.39 is 0 Å². The molecule has 0 spiro atoms. The van der Waals surface area contributed by atoms with E-state index in [1.165, 1.54) is 16.7 Å². The van der Waals surface area contributed by atoms with Gasteiger partial charge in [-0.1, -0.05) is 29.8 Å². The van der Waals surface area contributed by atoms with Gasteiger partial charge in [0.15, 0.2) is 0 Å². The molecule has 2 aliphatic heterocycles. The molecule has 1 fully saturated rings. The molecule has 1 aromatic heterocycles. The number of nitrogens with zero attached hydrogens (tertiary/aromatic N) is 4. The van der Waals surface area contributed by atoms with Crippen molar-refractivity contribution in [1.82, 2.24) is 19.8 Å². The number of hydrogen-bond acceptors (Lipinski definition) is 5. The minimum Gasteiger partial charge on any atom is -0.373 e. The third-order valence-corrected chi connectivity index (χ3v) is 6.12. The van der Waals surface area contributed by atoms with Crippen molar-refractivity contribution in [3.8, 4) is 0 Å². The lowest BCUT2D eigenvalue weighted by atomic mass is 9.96. The Labute approximate surface area is 173 Å². The molecule has 154 valence electrons. The third-order valence-electron chi connectivity index (χ3n) is 6.12. The summed E-state index contributed by atoms with van der Waals surface area (Å²) in [6, 6.07) is 8.73. The highest BCUT2D eigenvalue weighted by atomic mass is 16.2. The molecule has 4 rings (SSSR count). The summed E-state index contributed by atoms with van der Waals surface area (Å²) in [6.07, 6.45) is 3.01. The van der Waals surface area contributed by atoms with E-state index in [0.29, 0.717) is 0 Å². The number of carbonyl (C=O) groups is 1. The van der Waals surface area contributed by atoms with Gasteiger partial charge in [-0.25, -0.2) is 9.97 Å². The minimum atomic E-state index is 0.144. The summed E-state index contributed by atoms with van der Waals surface area (Å²) in [5.74, 6) is 2.21. The van der Waals surface area contributed by atoms with Crippen LogP contribution in [0.1, 0.15) is 53.9 Å². The number of carbonyl (C=O) groups excluding carboxylic acids is 1. The number of aromatic nitrogens is 2. The van der Waals surface area contributed by atoms with Gasteiger partial charge < -0.3 is 10.2 Å². The van der Waals surface area contributed by atoms with Gasteiger partial charge >= 0.3 is 0 Å². The first kappa shape index (κ1) is 19.8. The van der Waals surface area contributed by atoms with Crippen LogP contribution in [0.25, 0.3) is 0 Å². The first-order valence-corrected chi connectivity index (χ1v) is 10.6. The highest BCUT2D eigenvalue weighted by molar-refractivity contribution is 5.73. The molecular weight excluding hydrogens is 362 g/mol. The second kappa shape index (κ2) is 8.49. The van der Waals surface area contributed by atoms with Crippen LogP contribution in [0.15, 0.2) is 24.3 Å². The molecule has 6 heteroatoms. The van der Waals surface area contributed by atoms with E-state index in [4.69, 9.17) is 9.97 Å². The summed E-state index contributed by atoms with van der Waals surface area (Å²) in [5.41, 5.74) is 5.03. The van der Waals surface area contributed by atoms with Crippen LogP contribution in [0.5, 0.6) is 0 Å². The number of aryl methyl sites for hydroxylation is 1. The SMILES string of the molecule is CNc1nc(C2CCCN(C(C)=O)C2)nc2c1CCN(Cc1cccc(C)c1)C2. The number of hydrogen-bond donors (Lipinski definition) is 1. The van der Waals surface area contributed by atoms with Crippen LogP contribution in [0.4, 0.5) is 5.82 Å². The molecule has 29 heavy (non-hydrogen) atoms. The van der Waals surface area contributed by atoms with Crippen molar-refractivity contribution in [3.63, 3.8) is 0 Å². The van der Waals surface area contributed by atoms with Crippen molar-refractivity contribution in [2.24, 2.45) is 0 Å². The largest absolute Gasteiger partial charge is 0.373 e. The highest BCUT2D eigenvalue weighted by Gasteiger charge is 2.28. The molecular formula is C23H31N5O. The smallest absolute Gasteiger partial charge is 0.219 e. The Morgan fingerprint density at radius 2 is 2.14 bits per heavy atom. The molecule has 0 bridgehead atoms. The summed E-state index contributed by atoms with van der Waals surface area (Å²) < 4.78 is 0. The number of rotatable bonds is 4. The van der Waals surface area contributed by atoms with E-state index in [1.807, 2.05) is 11.9 Å². The predicted molar refractivity (Wildman–Crippen MR) is 115 cm³/mol. The summed E-state index contributed by atoms with van der Waals surface area (Å²) in [5, 5.41) is 3.29. The van der Waals surface area contributed by atoms with E-state index in [9.17, 15) is 4.79 Å². The first-order chi connectivity index (χ1) is 14.0. The monoisotopic (exact) mass is 393 g/mol. The van der Waals surface area contributed by atoms with Crippen LogP contribution in [-0.2, 0) is 24.3 Å². The van der Waals surface area contributed by atoms with Gasteiger partial charge in [0, 0.05) is 58.2 Å². The zero-order chi connectivity index (χ0) is 20.4. The van der Waals surface area contributed by atoms with Gasteiger partial charge in [-0.05, 0) is 31.7 Å². The number of benzene rings is 1. The zero-order valence-electron chi connectivity index (χ0n) is 17.7. The maximum atomic E-state index is 11.8. The molecule has 1 N–H and O–H groups in total. The molecule has 2 aliphatic rings. The lowest BCUT2D eigenvalue weighted by Crippen LogP contribution is -2.38. The summed E-state index contributed by atoms with van der Waals surface area (Å²) in [6.45, 7) is 8.16. The van der Waals surface area contributed by atoms with E-state index in [0.717, 1.165) is 69.3 Å². The van der Waals surface area contributed by atoms with Crippen molar-refractivity contribution in [2.75, 3.05) is 32.0 Å². The van der Waals surface area contributed by atoms with Crippen LogP contribution in [0, 0.1) is 6.92 Å². The number of likely N-dealkylation sites (tertiary alicyclic amines) is 1. The van der Waals surface area contributed by atoms with Crippen molar-refractivity contribution in [1.29, 1.82) is 0 Å². The molecule has 1 atom stereocenters. The number of fused-ring (bicyclic) bond motifs is 1. The van der Waals surface area contributed by atoms with Crippen LogP contribution in [-0.4, -0.2) is 52.4 Å². The van der Waals surface area contributed by atoms with E-state index in [-0.39, 0.29) is 11.8 Å². The first-order valence-electron chi connectivity index (χ1n) is 10.6. The van der Waals surface area contributed by atoms with Crippen LogP contribution < -0.4 is 5.32 Å². The molecule has 1 unspecified atom stereocenters. The van der Waals surface area contributed by atoms with Gasteiger partial charge in [0.25, 0.3) is 0 Å². The normalized spacial score (nSPS) is 19.7. The van der Waals surface area contributed by atoms with Gasteiger partial charge in [0.2, 0.25) is 5.91 Å². The van der Waals surface area contributed by atoms with E-state index in [1.54, 1.807) is 6.92 Å². The summed E-state index contributed by atoms with van der Waals surface area (Å²) in [4.78, 5) is 26.1. The standard InChI is InChI=1S/C23H31N5O/c1-16-6-4-7-18(12-16)13-27-11-9-20-21(15-27)25-22(26-23(20)24-3)19-8-5-10-28(14-19)17(2)29/h4,6-7,12,19H,5,8-11,13-15H2,1-3H3,(H,24,25,26). The predicted octanol–water partition coefficient (Wildman–Crippen LogP) is 3.11. The molecule has 0 aliphatic carbocycles. The van der Waals surface area contributed by atoms with Crippen molar-refractivity contribution < 1.29 is 4.79 Å². The number of amides is 1. The topological polar surface area (TPSA) is 61.4 Å². The molecule has 0 radical (unpaired) electrons. The number of piperidine rings is 1. The summed E-state index contributed by atoms with van der Waals surface area (Å²) in [7, 11) is 1.94. The average molecular weight is 394 g/mol. The maximum Gasteiger partial charge on any atom is 0.219 e. The molecule has 6 nitrogen and oxygen atoms in total. The van der Waals surface area contributed by atoms with Crippen molar-refractivity contribution in [2.45, 2.75) is 52.1 Å². The number of anilines is 1.